The molecule has 0 unspecified atom stereocenters. The SMILES string of the molecule is CCNC(=O)Nc1cc(C)c(S(=O)(=O)c2cc(Cl)ccc2OC)c(C)c1. The molecule has 0 radical (unpaired) electrons. The van der Waals surface area contributed by atoms with Gasteiger partial charge < -0.3 is 15.4 Å². The number of hydrogen-bond acceptors (Lipinski definition) is 4. The summed E-state index contributed by atoms with van der Waals surface area (Å²) in [6.07, 6.45) is 0. The molecule has 6 nitrogen and oxygen atoms in total. The van der Waals surface area contributed by atoms with Crippen molar-refractivity contribution < 1.29 is 17.9 Å². The van der Waals surface area contributed by atoms with Gasteiger partial charge in [0.2, 0.25) is 9.84 Å². The van der Waals surface area contributed by atoms with Gasteiger partial charge in [-0.2, -0.15) is 0 Å². The van der Waals surface area contributed by atoms with Crippen molar-refractivity contribution in [3.05, 3.63) is 46.5 Å². The number of hydrogen-bond donors (Lipinski definition) is 2. The molecule has 0 atom stereocenters. The predicted molar refractivity (Wildman–Crippen MR) is 102 cm³/mol. The van der Waals surface area contributed by atoms with Crippen LogP contribution in [0.4, 0.5) is 10.5 Å². The summed E-state index contributed by atoms with van der Waals surface area (Å²) in [4.78, 5) is 11.9. The Bertz CT molecular complexity index is 919. The summed E-state index contributed by atoms with van der Waals surface area (Å²) in [6, 6.07) is 7.34. The van der Waals surface area contributed by atoms with Crippen molar-refractivity contribution in [1.82, 2.24) is 5.32 Å². The van der Waals surface area contributed by atoms with Gasteiger partial charge in [-0.15, -0.1) is 0 Å². The summed E-state index contributed by atoms with van der Waals surface area (Å²) < 4.78 is 31.6. The number of amides is 2. The van der Waals surface area contributed by atoms with Crippen molar-refractivity contribution in [3.63, 3.8) is 0 Å². The first-order valence-corrected chi connectivity index (χ1v) is 9.81. The molecule has 0 aliphatic carbocycles. The van der Waals surface area contributed by atoms with Gasteiger partial charge in [-0.05, 0) is 62.2 Å². The smallest absolute Gasteiger partial charge is 0.319 e. The number of urea groups is 1. The molecule has 0 spiro atoms. The fraction of sp³-hybridized carbons (Fsp3) is 0.278. The van der Waals surface area contributed by atoms with E-state index in [-0.39, 0.29) is 21.6 Å². The Balaban J connectivity index is 2.55. The number of anilines is 1. The number of carbonyl (C=O) groups excluding carboxylic acids is 1. The lowest BCUT2D eigenvalue weighted by atomic mass is 10.1. The second-order valence-electron chi connectivity index (χ2n) is 5.72. The zero-order chi connectivity index (χ0) is 19.5. The van der Waals surface area contributed by atoms with E-state index in [0.717, 1.165) is 0 Å². The summed E-state index contributed by atoms with van der Waals surface area (Å²) in [5.41, 5.74) is 1.54. The van der Waals surface area contributed by atoms with Crippen LogP contribution < -0.4 is 15.4 Å². The molecular weight excluding hydrogens is 376 g/mol. The fourth-order valence-electron chi connectivity index (χ4n) is 2.75. The minimum Gasteiger partial charge on any atom is -0.495 e. The summed E-state index contributed by atoms with van der Waals surface area (Å²) in [5.74, 6) is 0.220. The molecule has 2 N–H and O–H groups in total. The van der Waals surface area contributed by atoms with E-state index in [0.29, 0.717) is 28.4 Å². The van der Waals surface area contributed by atoms with Crippen molar-refractivity contribution in [3.8, 4) is 5.75 Å². The summed E-state index contributed by atoms with van der Waals surface area (Å²) in [7, 11) is -2.45. The molecule has 2 amide bonds. The van der Waals surface area contributed by atoms with Crippen LogP contribution in [0.15, 0.2) is 40.1 Å². The number of nitrogens with one attached hydrogen (secondary N) is 2. The number of aryl methyl sites for hydroxylation is 2. The zero-order valence-electron chi connectivity index (χ0n) is 15.0. The molecule has 2 rings (SSSR count). The number of carbonyl (C=O) groups is 1. The summed E-state index contributed by atoms with van der Waals surface area (Å²) in [6.45, 7) is 5.66. The summed E-state index contributed by atoms with van der Waals surface area (Å²) >= 11 is 5.98. The molecule has 140 valence electrons. The first kappa shape index (κ1) is 20.1. The van der Waals surface area contributed by atoms with Gasteiger partial charge in [-0.3, -0.25) is 0 Å². The lowest BCUT2D eigenvalue weighted by Gasteiger charge is -2.16. The van der Waals surface area contributed by atoms with E-state index in [2.05, 4.69) is 10.6 Å². The highest BCUT2D eigenvalue weighted by atomic mass is 35.5. The molecule has 0 saturated heterocycles. The normalized spacial score (nSPS) is 11.1. The molecule has 0 fully saturated rings. The van der Waals surface area contributed by atoms with Gasteiger partial charge in [0.1, 0.15) is 10.6 Å². The molecule has 0 saturated carbocycles. The van der Waals surface area contributed by atoms with Crippen LogP contribution in [-0.2, 0) is 9.84 Å². The lowest BCUT2D eigenvalue weighted by molar-refractivity contribution is 0.252. The van der Waals surface area contributed by atoms with Gasteiger partial charge in [-0.1, -0.05) is 11.6 Å². The van der Waals surface area contributed by atoms with Crippen LogP contribution in [0.1, 0.15) is 18.1 Å². The largest absolute Gasteiger partial charge is 0.495 e. The van der Waals surface area contributed by atoms with E-state index in [1.807, 2.05) is 6.92 Å². The number of ether oxygens (including phenoxy) is 1. The Hall–Kier alpha value is -2.25. The second-order valence-corrected chi connectivity index (χ2v) is 8.01. The van der Waals surface area contributed by atoms with Crippen molar-refractivity contribution in [1.29, 1.82) is 0 Å². The Morgan fingerprint density at radius 3 is 2.31 bits per heavy atom. The number of halogens is 1. The monoisotopic (exact) mass is 396 g/mol. The number of methoxy groups -OCH3 is 1. The minimum atomic E-state index is -3.86. The summed E-state index contributed by atoms with van der Waals surface area (Å²) in [5, 5.41) is 5.61. The van der Waals surface area contributed by atoms with Crippen molar-refractivity contribution >= 4 is 33.2 Å². The molecule has 2 aromatic rings. The van der Waals surface area contributed by atoms with E-state index in [9.17, 15) is 13.2 Å². The van der Waals surface area contributed by atoms with Gasteiger partial charge in [0, 0.05) is 17.3 Å². The first-order chi connectivity index (χ1) is 12.2. The molecule has 0 aromatic heterocycles. The number of rotatable bonds is 5. The predicted octanol–water partition coefficient (Wildman–Crippen LogP) is 3.94. The standard InChI is InChI=1S/C18H21ClN2O4S/c1-5-20-18(22)21-14-8-11(2)17(12(3)9-14)26(23,24)16-10-13(19)6-7-15(16)25-4/h6-10H,5H2,1-4H3,(H2,20,21,22). The molecule has 8 heteroatoms. The maximum atomic E-state index is 13.2. The number of benzene rings is 2. The third-order valence-corrected chi connectivity index (χ3v) is 6.05. The maximum Gasteiger partial charge on any atom is 0.319 e. The first-order valence-electron chi connectivity index (χ1n) is 7.95. The van der Waals surface area contributed by atoms with Crippen molar-refractivity contribution in [2.75, 3.05) is 19.0 Å². The van der Waals surface area contributed by atoms with Crippen LogP contribution in [0, 0.1) is 13.8 Å². The highest BCUT2D eigenvalue weighted by Gasteiger charge is 2.26. The average Bonchev–Trinajstić information content (AvgIpc) is 2.54. The van der Waals surface area contributed by atoms with Gasteiger partial charge in [0.15, 0.2) is 0 Å². The minimum absolute atomic E-state index is 0.00290. The van der Waals surface area contributed by atoms with Crippen LogP contribution >= 0.6 is 11.6 Å². The van der Waals surface area contributed by atoms with Gasteiger partial charge >= 0.3 is 6.03 Å². The van der Waals surface area contributed by atoms with Crippen molar-refractivity contribution in [2.24, 2.45) is 0 Å². The van der Waals surface area contributed by atoms with E-state index in [1.54, 1.807) is 32.0 Å². The van der Waals surface area contributed by atoms with E-state index in [1.165, 1.54) is 19.2 Å². The van der Waals surface area contributed by atoms with Crippen LogP contribution in [0.5, 0.6) is 5.75 Å². The number of sulfone groups is 1. The third kappa shape index (κ3) is 4.11. The van der Waals surface area contributed by atoms with Crippen LogP contribution in [0.2, 0.25) is 5.02 Å². The molecular formula is C18H21ClN2O4S. The highest BCUT2D eigenvalue weighted by molar-refractivity contribution is 7.91. The molecule has 0 heterocycles. The molecule has 2 aromatic carbocycles. The van der Waals surface area contributed by atoms with Crippen LogP contribution in [0.25, 0.3) is 0 Å². The third-order valence-electron chi connectivity index (χ3n) is 3.74. The average molecular weight is 397 g/mol. The van der Waals surface area contributed by atoms with Gasteiger partial charge in [0.25, 0.3) is 0 Å². The van der Waals surface area contributed by atoms with Crippen LogP contribution in [0.3, 0.4) is 0 Å². The van der Waals surface area contributed by atoms with Crippen molar-refractivity contribution in [2.45, 2.75) is 30.6 Å². The molecule has 0 bridgehead atoms. The molecule has 0 aliphatic heterocycles. The van der Waals surface area contributed by atoms with Crippen LogP contribution in [-0.4, -0.2) is 28.1 Å². The highest BCUT2D eigenvalue weighted by Crippen LogP contribution is 2.35. The second kappa shape index (κ2) is 7.97. The molecule has 0 aliphatic rings. The maximum absolute atomic E-state index is 13.2. The quantitative estimate of drug-likeness (QED) is 0.801. The molecule has 26 heavy (non-hydrogen) atoms. The van der Waals surface area contributed by atoms with Gasteiger partial charge in [-0.25, -0.2) is 13.2 Å². The topological polar surface area (TPSA) is 84.5 Å². The van der Waals surface area contributed by atoms with E-state index < -0.39 is 9.84 Å². The fourth-order valence-corrected chi connectivity index (χ4v) is 4.87. The lowest BCUT2D eigenvalue weighted by Crippen LogP contribution is -2.28. The zero-order valence-corrected chi connectivity index (χ0v) is 16.6. The Labute approximate surface area is 158 Å². The Morgan fingerprint density at radius 2 is 1.77 bits per heavy atom. The van der Waals surface area contributed by atoms with E-state index >= 15 is 0 Å². The van der Waals surface area contributed by atoms with E-state index in [4.69, 9.17) is 16.3 Å². The Morgan fingerprint density at radius 1 is 1.15 bits per heavy atom. The Kier molecular flexibility index (Phi) is 6.15. The van der Waals surface area contributed by atoms with Gasteiger partial charge in [0.05, 0.1) is 12.0 Å².